The van der Waals surface area contributed by atoms with Crippen molar-refractivity contribution in [1.29, 1.82) is 0 Å². The van der Waals surface area contributed by atoms with Crippen molar-refractivity contribution in [2.24, 2.45) is 5.73 Å². The smallest absolute Gasteiger partial charge is 0.236 e. The zero-order chi connectivity index (χ0) is 8.97. The molecular formula is C8H16N2O2. The molecule has 12 heavy (non-hydrogen) atoms. The maximum absolute atomic E-state index is 11.2. The number of hydrogen-bond donors (Lipinski definition) is 1. The van der Waals surface area contributed by atoms with Crippen molar-refractivity contribution in [3.8, 4) is 0 Å². The Morgan fingerprint density at radius 1 is 1.75 bits per heavy atom. The lowest BCUT2D eigenvalue weighted by Gasteiger charge is -2.23. The minimum Gasteiger partial charge on any atom is -0.383 e. The molecule has 1 aliphatic rings. The molecule has 1 amide bonds. The third kappa shape index (κ3) is 1.95. The van der Waals surface area contributed by atoms with Gasteiger partial charge in [0.2, 0.25) is 5.91 Å². The van der Waals surface area contributed by atoms with Gasteiger partial charge in [0.1, 0.15) is 0 Å². The van der Waals surface area contributed by atoms with Crippen LogP contribution in [0.1, 0.15) is 12.8 Å². The van der Waals surface area contributed by atoms with Crippen molar-refractivity contribution in [3.05, 3.63) is 0 Å². The lowest BCUT2D eigenvalue weighted by atomic mass is 10.2. The Hall–Kier alpha value is -0.610. The number of carbonyl (C=O) groups is 1. The second-order valence-electron chi connectivity index (χ2n) is 3.04. The van der Waals surface area contributed by atoms with Crippen LogP contribution in [-0.2, 0) is 9.53 Å². The minimum atomic E-state index is 0.0366. The first-order valence-electron chi connectivity index (χ1n) is 4.28. The van der Waals surface area contributed by atoms with Crippen LogP contribution in [0.25, 0.3) is 0 Å². The van der Waals surface area contributed by atoms with Gasteiger partial charge in [-0.2, -0.15) is 0 Å². The van der Waals surface area contributed by atoms with Gasteiger partial charge in [0.05, 0.1) is 19.2 Å². The van der Waals surface area contributed by atoms with Gasteiger partial charge in [-0.25, -0.2) is 0 Å². The van der Waals surface area contributed by atoms with Crippen molar-refractivity contribution < 1.29 is 9.53 Å². The highest BCUT2D eigenvalue weighted by Gasteiger charge is 2.27. The zero-order valence-corrected chi connectivity index (χ0v) is 7.45. The summed E-state index contributed by atoms with van der Waals surface area (Å²) in [5.74, 6) is 0.0366. The molecular weight excluding hydrogens is 156 g/mol. The molecule has 4 heteroatoms. The third-order valence-electron chi connectivity index (χ3n) is 2.23. The first kappa shape index (κ1) is 9.48. The molecule has 2 N–H and O–H groups in total. The van der Waals surface area contributed by atoms with Crippen LogP contribution in [0.5, 0.6) is 0 Å². The van der Waals surface area contributed by atoms with E-state index in [1.165, 1.54) is 0 Å². The SMILES string of the molecule is COC[C@H]1CCCN1C(=O)CN. The van der Waals surface area contributed by atoms with E-state index < -0.39 is 0 Å². The summed E-state index contributed by atoms with van der Waals surface area (Å²) in [6.07, 6.45) is 2.11. The Bertz CT molecular complexity index is 161. The summed E-state index contributed by atoms with van der Waals surface area (Å²) in [4.78, 5) is 13.1. The number of likely N-dealkylation sites (tertiary alicyclic amines) is 1. The Labute approximate surface area is 72.7 Å². The van der Waals surface area contributed by atoms with Crippen molar-refractivity contribution in [2.45, 2.75) is 18.9 Å². The number of nitrogens with two attached hydrogens (primary N) is 1. The van der Waals surface area contributed by atoms with Crippen LogP contribution in [0.15, 0.2) is 0 Å². The van der Waals surface area contributed by atoms with Gasteiger partial charge < -0.3 is 15.4 Å². The molecule has 1 atom stereocenters. The molecule has 1 fully saturated rings. The fraction of sp³-hybridized carbons (Fsp3) is 0.875. The van der Waals surface area contributed by atoms with Crippen molar-refractivity contribution in [1.82, 2.24) is 4.90 Å². The standard InChI is InChI=1S/C8H16N2O2/c1-12-6-7-3-2-4-10(7)8(11)5-9/h7H,2-6,9H2,1H3/t7-/m1/s1. The number of methoxy groups -OCH3 is 1. The highest BCUT2D eigenvalue weighted by Crippen LogP contribution is 2.16. The molecule has 1 rings (SSSR count). The number of ether oxygens (including phenoxy) is 1. The third-order valence-corrected chi connectivity index (χ3v) is 2.23. The Morgan fingerprint density at radius 2 is 2.50 bits per heavy atom. The minimum absolute atomic E-state index is 0.0366. The van der Waals surface area contributed by atoms with Crippen LogP contribution < -0.4 is 5.73 Å². The average molecular weight is 172 g/mol. The molecule has 0 radical (unpaired) electrons. The summed E-state index contributed by atoms with van der Waals surface area (Å²) in [6, 6.07) is 0.256. The van der Waals surface area contributed by atoms with E-state index in [1.54, 1.807) is 7.11 Å². The molecule has 1 heterocycles. The average Bonchev–Trinajstić information content (AvgIpc) is 2.52. The molecule has 0 aromatic rings. The van der Waals surface area contributed by atoms with Gasteiger partial charge >= 0.3 is 0 Å². The van der Waals surface area contributed by atoms with E-state index in [9.17, 15) is 4.79 Å². The largest absolute Gasteiger partial charge is 0.383 e. The molecule has 0 bridgehead atoms. The molecule has 0 saturated carbocycles. The second-order valence-corrected chi connectivity index (χ2v) is 3.04. The Kier molecular flexibility index (Phi) is 3.49. The summed E-state index contributed by atoms with van der Waals surface area (Å²) >= 11 is 0. The molecule has 4 nitrogen and oxygen atoms in total. The van der Waals surface area contributed by atoms with Gasteiger partial charge in [0.15, 0.2) is 0 Å². The summed E-state index contributed by atoms with van der Waals surface area (Å²) in [6.45, 7) is 1.58. The summed E-state index contributed by atoms with van der Waals surface area (Å²) in [5, 5.41) is 0. The van der Waals surface area contributed by atoms with E-state index in [4.69, 9.17) is 10.5 Å². The first-order valence-corrected chi connectivity index (χ1v) is 4.28. The van der Waals surface area contributed by atoms with E-state index in [-0.39, 0.29) is 18.5 Å². The molecule has 1 saturated heterocycles. The van der Waals surface area contributed by atoms with E-state index in [2.05, 4.69) is 0 Å². The quantitative estimate of drug-likeness (QED) is 0.629. The van der Waals surface area contributed by atoms with Crippen molar-refractivity contribution >= 4 is 5.91 Å². The molecule has 0 aromatic heterocycles. The van der Waals surface area contributed by atoms with Gasteiger partial charge in [-0.05, 0) is 12.8 Å². The molecule has 0 unspecified atom stereocenters. The molecule has 1 aliphatic heterocycles. The lowest BCUT2D eigenvalue weighted by Crippen LogP contribution is -2.41. The number of hydrogen-bond acceptors (Lipinski definition) is 3. The molecule has 70 valence electrons. The Balaban J connectivity index is 2.45. The highest BCUT2D eigenvalue weighted by molar-refractivity contribution is 5.78. The fourth-order valence-corrected chi connectivity index (χ4v) is 1.65. The van der Waals surface area contributed by atoms with Gasteiger partial charge in [-0.1, -0.05) is 0 Å². The van der Waals surface area contributed by atoms with E-state index >= 15 is 0 Å². The lowest BCUT2D eigenvalue weighted by molar-refractivity contribution is -0.131. The predicted molar refractivity (Wildman–Crippen MR) is 45.7 cm³/mol. The molecule has 0 aromatic carbocycles. The number of nitrogens with zero attached hydrogens (tertiary/aromatic N) is 1. The van der Waals surface area contributed by atoms with Gasteiger partial charge in [-0.3, -0.25) is 4.79 Å². The van der Waals surface area contributed by atoms with Gasteiger partial charge in [-0.15, -0.1) is 0 Å². The van der Waals surface area contributed by atoms with E-state index in [1.807, 2.05) is 4.90 Å². The number of carbonyl (C=O) groups excluding carboxylic acids is 1. The van der Waals surface area contributed by atoms with Crippen molar-refractivity contribution in [2.75, 3.05) is 26.8 Å². The number of amides is 1. The summed E-state index contributed by atoms with van der Waals surface area (Å²) in [5.41, 5.74) is 5.28. The maximum atomic E-state index is 11.2. The van der Waals surface area contributed by atoms with Gasteiger partial charge in [0, 0.05) is 13.7 Å². The van der Waals surface area contributed by atoms with Crippen LogP contribution >= 0.6 is 0 Å². The maximum Gasteiger partial charge on any atom is 0.236 e. The van der Waals surface area contributed by atoms with E-state index in [0.29, 0.717) is 6.61 Å². The number of rotatable bonds is 3. The van der Waals surface area contributed by atoms with E-state index in [0.717, 1.165) is 19.4 Å². The molecule has 0 aliphatic carbocycles. The van der Waals surface area contributed by atoms with Crippen LogP contribution in [0.2, 0.25) is 0 Å². The summed E-state index contributed by atoms with van der Waals surface area (Å²) < 4.78 is 5.02. The normalized spacial score (nSPS) is 23.2. The van der Waals surface area contributed by atoms with Crippen LogP contribution in [0.4, 0.5) is 0 Å². The van der Waals surface area contributed by atoms with Crippen LogP contribution in [0.3, 0.4) is 0 Å². The second kappa shape index (κ2) is 4.42. The topological polar surface area (TPSA) is 55.6 Å². The zero-order valence-electron chi connectivity index (χ0n) is 7.45. The predicted octanol–water partition coefficient (Wildman–Crippen LogP) is -0.417. The summed E-state index contributed by atoms with van der Waals surface area (Å²) in [7, 11) is 1.66. The van der Waals surface area contributed by atoms with Crippen molar-refractivity contribution in [3.63, 3.8) is 0 Å². The van der Waals surface area contributed by atoms with Gasteiger partial charge in [0.25, 0.3) is 0 Å². The first-order chi connectivity index (χ1) is 5.79. The highest BCUT2D eigenvalue weighted by atomic mass is 16.5. The fourth-order valence-electron chi connectivity index (χ4n) is 1.65. The van der Waals surface area contributed by atoms with Crippen LogP contribution in [-0.4, -0.2) is 43.7 Å². The monoisotopic (exact) mass is 172 g/mol. The van der Waals surface area contributed by atoms with Crippen LogP contribution in [0, 0.1) is 0 Å². The Morgan fingerprint density at radius 3 is 3.08 bits per heavy atom. The molecule has 0 spiro atoms.